The summed E-state index contributed by atoms with van der Waals surface area (Å²) >= 11 is 5.71. The van der Waals surface area contributed by atoms with Crippen LogP contribution in [0.15, 0.2) is 70.4 Å². The number of carbonyl (C=O) groups excluding carboxylic acids is 1. The van der Waals surface area contributed by atoms with Crippen molar-refractivity contribution in [2.75, 3.05) is 24.4 Å². The van der Waals surface area contributed by atoms with Crippen LogP contribution in [0.5, 0.6) is 11.5 Å². The SMILES string of the molecule is COc1ccc([C@H]2NC(=S)N(c3ccccc3)C(C)=C2C(=O)Nc2cc(C)on2)cc1OC. The number of anilines is 2. The molecule has 1 aliphatic heterocycles. The molecule has 1 aliphatic rings. The fourth-order valence-electron chi connectivity index (χ4n) is 3.82. The second-order valence-electron chi connectivity index (χ2n) is 7.44. The first-order valence-corrected chi connectivity index (χ1v) is 10.7. The number of hydrogen-bond acceptors (Lipinski definition) is 6. The lowest BCUT2D eigenvalue weighted by Gasteiger charge is -2.38. The van der Waals surface area contributed by atoms with Crippen molar-refractivity contribution in [3.8, 4) is 11.5 Å². The van der Waals surface area contributed by atoms with E-state index < -0.39 is 6.04 Å². The fraction of sp³-hybridized carbons (Fsp3) is 0.208. The number of ether oxygens (including phenoxy) is 2. The number of hydrogen-bond donors (Lipinski definition) is 2. The summed E-state index contributed by atoms with van der Waals surface area (Å²) in [5.74, 6) is 1.76. The Morgan fingerprint density at radius 3 is 2.45 bits per heavy atom. The molecule has 0 radical (unpaired) electrons. The molecule has 8 nitrogen and oxygen atoms in total. The summed E-state index contributed by atoms with van der Waals surface area (Å²) in [6.07, 6.45) is 0. The quantitative estimate of drug-likeness (QED) is 0.521. The highest BCUT2D eigenvalue weighted by Gasteiger charge is 2.35. The van der Waals surface area contributed by atoms with Crippen molar-refractivity contribution >= 4 is 34.7 Å². The number of allylic oxidation sites excluding steroid dienone is 1. The average molecular weight is 465 g/mol. The molecule has 2 N–H and O–H groups in total. The van der Waals surface area contributed by atoms with Gasteiger partial charge in [-0.3, -0.25) is 9.69 Å². The van der Waals surface area contributed by atoms with Gasteiger partial charge in [-0.15, -0.1) is 0 Å². The van der Waals surface area contributed by atoms with Gasteiger partial charge in [-0.25, -0.2) is 0 Å². The van der Waals surface area contributed by atoms with E-state index in [1.807, 2.05) is 54.3 Å². The molecular formula is C24H24N4O4S. The number of nitrogens with zero attached hydrogens (tertiary/aromatic N) is 2. The van der Waals surface area contributed by atoms with Crippen molar-refractivity contribution in [2.45, 2.75) is 19.9 Å². The van der Waals surface area contributed by atoms with E-state index >= 15 is 0 Å². The van der Waals surface area contributed by atoms with Crippen LogP contribution in [-0.2, 0) is 4.79 Å². The summed E-state index contributed by atoms with van der Waals surface area (Å²) in [6.45, 7) is 3.63. The van der Waals surface area contributed by atoms with Crippen LogP contribution in [0.25, 0.3) is 0 Å². The number of methoxy groups -OCH3 is 2. The van der Waals surface area contributed by atoms with Crippen LogP contribution >= 0.6 is 12.2 Å². The minimum Gasteiger partial charge on any atom is -0.493 e. The van der Waals surface area contributed by atoms with Crippen LogP contribution in [0.3, 0.4) is 0 Å². The van der Waals surface area contributed by atoms with Gasteiger partial charge in [0.05, 0.1) is 25.8 Å². The molecule has 2 aromatic carbocycles. The van der Waals surface area contributed by atoms with E-state index in [0.29, 0.717) is 39.5 Å². The molecule has 170 valence electrons. The highest BCUT2D eigenvalue weighted by atomic mass is 32.1. The fourth-order valence-corrected chi connectivity index (χ4v) is 4.18. The lowest BCUT2D eigenvalue weighted by molar-refractivity contribution is -0.113. The highest BCUT2D eigenvalue weighted by Crippen LogP contribution is 2.37. The molecular weight excluding hydrogens is 440 g/mol. The van der Waals surface area contributed by atoms with Gasteiger partial charge in [-0.1, -0.05) is 29.4 Å². The first kappa shape index (κ1) is 22.3. The molecule has 0 unspecified atom stereocenters. The van der Waals surface area contributed by atoms with Gasteiger partial charge in [0.1, 0.15) is 5.76 Å². The normalized spacial score (nSPS) is 15.8. The first-order valence-electron chi connectivity index (χ1n) is 10.3. The Morgan fingerprint density at radius 1 is 1.09 bits per heavy atom. The molecule has 33 heavy (non-hydrogen) atoms. The number of carbonyl (C=O) groups is 1. The van der Waals surface area contributed by atoms with Crippen molar-refractivity contribution in [1.29, 1.82) is 0 Å². The molecule has 3 aromatic rings. The van der Waals surface area contributed by atoms with E-state index in [9.17, 15) is 4.79 Å². The second-order valence-corrected chi connectivity index (χ2v) is 7.83. The third-order valence-electron chi connectivity index (χ3n) is 5.35. The number of aromatic nitrogens is 1. The molecule has 9 heteroatoms. The number of rotatable bonds is 6. The van der Waals surface area contributed by atoms with Gasteiger partial charge in [0.15, 0.2) is 22.4 Å². The van der Waals surface area contributed by atoms with Gasteiger partial charge in [0.25, 0.3) is 5.91 Å². The predicted octanol–water partition coefficient (Wildman–Crippen LogP) is 4.35. The van der Waals surface area contributed by atoms with E-state index in [1.165, 1.54) is 0 Å². The molecule has 1 atom stereocenters. The van der Waals surface area contributed by atoms with Crippen LogP contribution in [0.1, 0.15) is 24.3 Å². The summed E-state index contributed by atoms with van der Waals surface area (Å²) in [6, 6.07) is 16.3. The van der Waals surface area contributed by atoms with Gasteiger partial charge in [-0.2, -0.15) is 0 Å². The summed E-state index contributed by atoms with van der Waals surface area (Å²) in [7, 11) is 3.14. The molecule has 0 fully saturated rings. The van der Waals surface area contributed by atoms with Crippen LogP contribution in [-0.4, -0.2) is 30.4 Å². The third kappa shape index (κ3) is 4.40. The van der Waals surface area contributed by atoms with E-state index in [0.717, 1.165) is 11.3 Å². The maximum absolute atomic E-state index is 13.5. The molecule has 1 amide bonds. The number of aryl methyl sites for hydroxylation is 1. The summed E-state index contributed by atoms with van der Waals surface area (Å²) in [5, 5.41) is 10.5. The second kappa shape index (κ2) is 9.33. The molecule has 0 saturated heterocycles. The predicted molar refractivity (Wildman–Crippen MR) is 130 cm³/mol. The Kier molecular flexibility index (Phi) is 6.32. The van der Waals surface area contributed by atoms with E-state index in [-0.39, 0.29) is 5.91 Å². The zero-order valence-corrected chi connectivity index (χ0v) is 19.5. The largest absolute Gasteiger partial charge is 0.493 e. The number of benzene rings is 2. The van der Waals surface area contributed by atoms with Crippen molar-refractivity contribution < 1.29 is 18.8 Å². The van der Waals surface area contributed by atoms with Crippen molar-refractivity contribution in [3.63, 3.8) is 0 Å². The minimum atomic E-state index is -0.523. The van der Waals surface area contributed by atoms with Crippen LogP contribution in [0.2, 0.25) is 0 Å². The standard InChI is InChI=1S/C24H24N4O4S/c1-14-12-20(27-32-14)25-23(29)21-15(2)28(17-8-6-5-7-9-17)24(33)26-22(21)16-10-11-18(30-3)19(13-16)31-4/h5-13,22H,1-4H3,(H,26,33)(H,25,27,29)/t22-/m1/s1. The van der Waals surface area contributed by atoms with Crippen molar-refractivity contribution in [2.24, 2.45) is 0 Å². The van der Waals surface area contributed by atoms with E-state index in [4.69, 9.17) is 26.2 Å². The zero-order valence-electron chi connectivity index (χ0n) is 18.7. The van der Waals surface area contributed by atoms with Gasteiger partial charge >= 0.3 is 0 Å². The molecule has 2 heterocycles. The lowest BCUT2D eigenvalue weighted by Crippen LogP contribution is -2.48. The van der Waals surface area contributed by atoms with Gasteiger partial charge in [-0.05, 0) is 55.9 Å². The average Bonchev–Trinajstić information content (AvgIpc) is 3.23. The third-order valence-corrected chi connectivity index (χ3v) is 5.65. The van der Waals surface area contributed by atoms with Crippen LogP contribution in [0.4, 0.5) is 11.5 Å². The molecule has 0 bridgehead atoms. The zero-order chi connectivity index (χ0) is 23.5. The molecule has 0 spiro atoms. The minimum absolute atomic E-state index is 0.323. The lowest BCUT2D eigenvalue weighted by atomic mass is 9.93. The topological polar surface area (TPSA) is 88.9 Å². The number of amides is 1. The summed E-state index contributed by atoms with van der Waals surface area (Å²) in [4.78, 5) is 15.4. The number of para-hydroxylation sites is 1. The Balaban J connectivity index is 1.82. The molecule has 0 saturated carbocycles. The number of nitrogens with one attached hydrogen (secondary N) is 2. The Bertz CT molecular complexity index is 1220. The first-order chi connectivity index (χ1) is 15.9. The monoisotopic (exact) mass is 464 g/mol. The number of thiocarbonyl (C=S) groups is 1. The Hall–Kier alpha value is -3.85. The molecule has 0 aliphatic carbocycles. The van der Waals surface area contributed by atoms with Gasteiger partial charge < -0.3 is 24.6 Å². The van der Waals surface area contributed by atoms with E-state index in [1.54, 1.807) is 33.3 Å². The van der Waals surface area contributed by atoms with Gasteiger partial charge in [0, 0.05) is 17.5 Å². The van der Waals surface area contributed by atoms with Crippen molar-refractivity contribution in [3.05, 3.63) is 77.2 Å². The Morgan fingerprint density at radius 2 is 1.82 bits per heavy atom. The van der Waals surface area contributed by atoms with Crippen molar-refractivity contribution in [1.82, 2.24) is 10.5 Å². The maximum Gasteiger partial charge on any atom is 0.257 e. The Labute approximate surface area is 197 Å². The molecule has 4 rings (SSSR count). The smallest absolute Gasteiger partial charge is 0.257 e. The highest BCUT2D eigenvalue weighted by molar-refractivity contribution is 7.80. The van der Waals surface area contributed by atoms with Crippen LogP contribution < -0.4 is 25.0 Å². The van der Waals surface area contributed by atoms with Gasteiger partial charge in [0.2, 0.25) is 0 Å². The maximum atomic E-state index is 13.5. The van der Waals surface area contributed by atoms with Crippen LogP contribution in [0, 0.1) is 6.92 Å². The van der Waals surface area contributed by atoms with E-state index in [2.05, 4.69) is 15.8 Å². The molecule has 1 aromatic heterocycles. The summed E-state index contributed by atoms with van der Waals surface area (Å²) < 4.78 is 15.9. The summed E-state index contributed by atoms with van der Waals surface area (Å²) in [5.41, 5.74) is 2.83.